The molecule has 4 nitrogen and oxygen atoms in total. The van der Waals surface area contributed by atoms with Gasteiger partial charge in [-0.25, -0.2) is 0 Å². The molecule has 0 aromatic heterocycles. The summed E-state index contributed by atoms with van der Waals surface area (Å²) in [4.78, 5) is 14.0. The van der Waals surface area contributed by atoms with Gasteiger partial charge in [0.05, 0.1) is 12.2 Å². The Morgan fingerprint density at radius 3 is 2.35 bits per heavy atom. The first-order valence-electron chi connectivity index (χ1n) is 6.58. The minimum absolute atomic E-state index is 0.0868. The highest BCUT2D eigenvalue weighted by atomic mass is 16.3. The van der Waals surface area contributed by atoms with Crippen molar-refractivity contribution in [2.45, 2.75) is 38.9 Å². The van der Waals surface area contributed by atoms with Gasteiger partial charge in [0.25, 0.3) is 0 Å². The Morgan fingerprint density at radius 2 is 1.82 bits per heavy atom. The Bertz CT molecular complexity index is 284. The van der Waals surface area contributed by atoms with E-state index >= 15 is 0 Å². The average Bonchev–Trinajstić information content (AvgIpc) is 2.52. The van der Waals surface area contributed by atoms with Crippen LogP contribution in [0.4, 0.5) is 0 Å². The third-order valence-electron chi connectivity index (χ3n) is 4.21. The van der Waals surface area contributed by atoms with Crippen molar-refractivity contribution >= 4 is 5.78 Å². The van der Waals surface area contributed by atoms with Crippen LogP contribution in [0, 0.1) is 17.8 Å². The van der Waals surface area contributed by atoms with Gasteiger partial charge in [-0.05, 0) is 18.3 Å². The summed E-state index contributed by atoms with van der Waals surface area (Å²) in [6, 6.07) is 0. The number of Topliss-reactive ketones (excluding diaryl/α,β-unsaturated/α-hetero) is 1. The van der Waals surface area contributed by atoms with Crippen molar-refractivity contribution < 1.29 is 15.0 Å². The van der Waals surface area contributed by atoms with E-state index in [1.807, 2.05) is 4.90 Å². The maximum atomic E-state index is 12.0. The van der Waals surface area contributed by atoms with Crippen LogP contribution in [0.5, 0.6) is 0 Å². The highest BCUT2D eigenvalue weighted by Crippen LogP contribution is 2.32. The molecule has 1 aliphatic heterocycles. The summed E-state index contributed by atoms with van der Waals surface area (Å²) in [6.45, 7) is 5.95. The smallest absolute Gasteiger partial charge is 0.137 e. The van der Waals surface area contributed by atoms with Crippen LogP contribution in [0.15, 0.2) is 0 Å². The van der Waals surface area contributed by atoms with Crippen molar-refractivity contribution in [3.05, 3.63) is 0 Å². The average molecular weight is 241 g/mol. The van der Waals surface area contributed by atoms with Crippen molar-refractivity contribution in [1.29, 1.82) is 0 Å². The lowest BCUT2D eigenvalue weighted by molar-refractivity contribution is -0.128. The van der Waals surface area contributed by atoms with Crippen LogP contribution < -0.4 is 0 Å². The molecule has 1 saturated heterocycles. The Hall–Kier alpha value is -0.450. The largest absolute Gasteiger partial charge is 0.389 e. The van der Waals surface area contributed by atoms with Gasteiger partial charge >= 0.3 is 0 Å². The van der Waals surface area contributed by atoms with Gasteiger partial charge in [-0.2, -0.15) is 0 Å². The number of β-amino-alcohol motifs (C(OH)–C–C–N with tert-alkyl or cyclic N) is 2. The van der Waals surface area contributed by atoms with E-state index in [1.54, 1.807) is 0 Å². The summed E-state index contributed by atoms with van der Waals surface area (Å²) >= 11 is 0. The number of hydrogen-bond acceptors (Lipinski definition) is 4. The molecule has 1 aliphatic carbocycles. The summed E-state index contributed by atoms with van der Waals surface area (Å²) in [7, 11) is 0. The van der Waals surface area contributed by atoms with Crippen LogP contribution in [0.3, 0.4) is 0 Å². The Morgan fingerprint density at radius 1 is 1.24 bits per heavy atom. The molecule has 0 aromatic rings. The molecular formula is C13H23NO3. The molecule has 2 rings (SSSR count). The number of hydrogen-bond donors (Lipinski definition) is 2. The molecular weight excluding hydrogens is 218 g/mol. The predicted molar refractivity (Wildman–Crippen MR) is 64.5 cm³/mol. The summed E-state index contributed by atoms with van der Waals surface area (Å²) < 4.78 is 0. The highest BCUT2D eigenvalue weighted by Gasteiger charge is 2.37. The number of nitrogens with zero attached hydrogens (tertiary/aromatic N) is 1. The van der Waals surface area contributed by atoms with Gasteiger partial charge in [0.1, 0.15) is 5.78 Å². The van der Waals surface area contributed by atoms with Crippen LogP contribution >= 0.6 is 0 Å². The predicted octanol–water partition coefficient (Wildman–Crippen LogP) is 0.275. The minimum atomic E-state index is -0.650. The molecule has 0 bridgehead atoms. The van der Waals surface area contributed by atoms with Crippen molar-refractivity contribution in [2.75, 3.05) is 19.6 Å². The number of carbonyl (C=O) groups is 1. The van der Waals surface area contributed by atoms with Gasteiger partial charge < -0.3 is 10.2 Å². The zero-order chi connectivity index (χ0) is 12.6. The maximum Gasteiger partial charge on any atom is 0.137 e. The van der Waals surface area contributed by atoms with Crippen LogP contribution in [0.1, 0.15) is 26.7 Å². The monoisotopic (exact) mass is 241 g/mol. The molecule has 17 heavy (non-hydrogen) atoms. The lowest BCUT2D eigenvalue weighted by Crippen LogP contribution is -2.39. The molecule has 0 spiro atoms. The summed E-state index contributed by atoms with van der Waals surface area (Å²) in [5.41, 5.74) is 0. The van der Waals surface area contributed by atoms with E-state index in [0.717, 1.165) is 6.42 Å². The van der Waals surface area contributed by atoms with E-state index in [4.69, 9.17) is 0 Å². The number of likely N-dealkylation sites (tertiary alicyclic amines) is 1. The van der Waals surface area contributed by atoms with E-state index in [2.05, 4.69) is 13.8 Å². The van der Waals surface area contributed by atoms with Gasteiger partial charge in [0.15, 0.2) is 0 Å². The van der Waals surface area contributed by atoms with Crippen LogP contribution in [-0.4, -0.2) is 52.7 Å². The Labute approximate surface area is 103 Å². The first-order valence-corrected chi connectivity index (χ1v) is 6.58. The first kappa shape index (κ1) is 13.0. The molecule has 5 unspecified atom stereocenters. The number of aliphatic hydroxyl groups is 2. The van der Waals surface area contributed by atoms with Crippen LogP contribution in [-0.2, 0) is 4.79 Å². The van der Waals surface area contributed by atoms with E-state index in [9.17, 15) is 15.0 Å². The molecule has 1 heterocycles. The fourth-order valence-electron chi connectivity index (χ4n) is 3.25. The van der Waals surface area contributed by atoms with Crippen LogP contribution in [0.25, 0.3) is 0 Å². The zero-order valence-corrected chi connectivity index (χ0v) is 10.7. The lowest BCUT2D eigenvalue weighted by atomic mass is 9.74. The number of aliphatic hydroxyl groups excluding tert-OH is 2. The van der Waals surface area contributed by atoms with E-state index in [-0.39, 0.29) is 5.92 Å². The first-order chi connectivity index (χ1) is 7.97. The Kier molecular flexibility index (Phi) is 3.85. The molecule has 0 aromatic carbocycles. The lowest BCUT2D eigenvalue weighted by Gasteiger charge is -2.33. The molecule has 0 radical (unpaired) electrons. The topological polar surface area (TPSA) is 60.8 Å². The zero-order valence-electron chi connectivity index (χ0n) is 10.7. The van der Waals surface area contributed by atoms with Crippen molar-refractivity contribution in [3.63, 3.8) is 0 Å². The molecule has 2 N–H and O–H groups in total. The van der Waals surface area contributed by atoms with Crippen molar-refractivity contribution in [3.8, 4) is 0 Å². The van der Waals surface area contributed by atoms with Gasteiger partial charge in [-0.3, -0.25) is 9.69 Å². The van der Waals surface area contributed by atoms with Gasteiger partial charge in [-0.15, -0.1) is 0 Å². The minimum Gasteiger partial charge on any atom is -0.389 e. The quantitative estimate of drug-likeness (QED) is 0.729. The SMILES string of the molecule is CC1CC(=O)C(CN2CC(O)C(O)C2)C(C)C1. The van der Waals surface area contributed by atoms with Gasteiger partial charge in [-0.1, -0.05) is 13.8 Å². The summed E-state index contributed by atoms with van der Waals surface area (Å²) in [6.07, 6.45) is 0.495. The van der Waals surface area contributed by atoms with Crippen LogP contribution in [0.2, 0.25) is 0 Å². The van der Waals surface area contributed by atoms with E-state index in [0.29, 0.717) is 43.7 Å². The number of ketones is 1. The summed E-state index contributed by atoms with van der Waals surface area (Å²) in [5.74, 6) is 1.36. The number of carbonyl (C=O) groups excluding carboxylic acids is 1. The molecule has 98 valence electrons. The summed E-state index contributed by atoms with van der Waals surface area (Å²) in [5, 5.41) is 19.0. The Balaban J connectivity index is 1.92. The van der Waals surface area contributed by atoms with Gasteiger partial charge in [0.2, 0.25) is 0 Å². The third kappa shape index (κ3) is 2.87. The fraction of sp³-hybridized carbons (Fsp3) is 0.923. The second-order valence-corrected chi connectivity index (χ2v) is 5.95. The number of rotatable bonds is 2. The highest BCUT2D eigenvalue weighted by molar-refractivity contribution is 5.82. The van der Waals surface area contributed by atoms with Crippen molar-refractivity contribution in [2.24, 2.45) is 17.8 Å². The molecule has 0 amide bonds. The molecule has 2 fully saturated rings. The normalized spacial score (nSPS) is 44.2. The van der Waals surface area contributed by atoms with E-state index in [1.165, 1.54) is 0 Å². The molecule has 5 atom stereocenters. The van der Waals surface area contributed by atoms with Crippen molar-refractivity contribution in [1.82, 2.24) is 4.90 Å². The third-order valence-corrected chi connectivity index (χ3v) is 4.21. The van der Waals surface area contributed by atoms with Gasteiger partial charge in [0, 0.05) is 32.0 Å². The molecule has 4 heteroatoms. The molecule has 1 saturated carbocycles. The standard InChI is InChI=1S/C13H23NO3/c1-8-3-9(2)10(11(15)4-8)5-14-6-12(16)13(17)7-14/h8-10,12-13,16-17H,3-7H2,1-2H3. The molecule has 2 aliphatic rings. The maximum absolute atomic E-state index is 12.0. The van der Waals surface area contributed by atoms with E-state index < -0.39 is 12.2 Å². The second-order valence-electron chi connectivity index (χ2n) is 5.95. The fourth-order valence-corrected chi connectivity index (χ4v) is 3.25. The second kappa shape index (κ2) is 5.04.